The molecule has 0 saturated carbocycles. The first-order valence-corrected chi connectivity index (χ1v) is 22.9. The van der Waals surface area contributed by atoms with Gasteiger partial charge in [0.25, 0.3) is 0 Å². The number of benzene rings is 4. The summed E-state index contributed by atoms with van der Waals surface area (Å²) in [7, 11) is 0. The van der Waals surface area contributed by atoms with Gasteiger partial charge in [0.15, 0.2) is 0 Å². The van der Waals surface area contributed by atoms with E-state index in [4.69, 9.17) is 0 Å². The highest BCUT2D eigenvalue weighted by Gasteiger charge is 2.32. The molecule has 4 rings (SSSR count). The van der Waals surface area contributed by atoms with E-state index in [0.29, 0.717) is 17.2 Å². The van der Waals surface area contributed by atoms with E-state index in [1.54, 1.807) is 0 Å². The molecule has 0 radical (unpaired) electrons. The fourth-order valence-corrected chi connectivity index (χ4v) is 9.02. The van der Waals surface area contributed by atoms with Gasteiger partial charge in [0, 0.05) is 16.7 Å². The molecular weight excluding hydrogens is 733 g/mol. The summed E-state index contributed by atoms with van der Waals surface area (Å²) in [4.78, 5) is 0. The first kappa shape index (κ1) is 48.9. The Morgan fingerprint density at radius 2 is 0.517 bits per heavy atom. The molecule has 3 N–H and O–H groups in total. The average Bonchev–Trinajstić information content (AvgIpc) is 3.13. The maximum Gasteiger partial charge on any atom is 0.123 e. The SMILES string of the molecule is CCC(C)(C)c1cc(Cc2c(C)c(Cc3cc(C(C)(C)C)c(O)c(C(C)(C)CC)c3)c(C)c(Cc3cc(C(C)(C)C)c(O)c(C(C)(C)CC)c3)c2C)cc(C(C)(C)C)c1O. The van der Waals surface area contributed by atoms with Crippen molar-refractivity contribution in [3.8, 4) is 17.2 Å². The minimum Gasteiger partial charge on any atom is -0.507 e. The molecule has 0 spiro atoms. The molecule has 0 aliphatic rings. The van der Waals surface area contributed by atoms with Crippen molar-refractivity contribution >= 4 is 0 Å². The van der Waals surface area contributed by atoms with Crippen molar-refractivity contribution in [3.63, 3.8) is 0 Å². The van der Waals surface area contributed by atoms with E-state index in [1.807, 2.05) is 0 Å². The van der Waals surface area contributed by atoms with Crippen LogP contribution in [0, 0.1) is 20.8 Å². The first-order valence-electron chi connectivity index (χ1n) is 22.9. The molecule has 0 unspecified atom stereocenters. The Morgan fingerprint density at radius 1 is 0.333 bits per heavy atom. The van der Waals surface area contributed by atoms with Gasteiger partial charge < -0.3 is 15.3 Å². The van der Waals surface area contributed by atoms with Crippen LogP contribution in [0.1, 0.15) is 227 Å². The third kappa shape index (κ3) is 9.82. The van der Waals surface area contributed by atoms with E-state index in [-0.39, 0.29) is 32.5 Å². The zero-order chi connectivity index (χ0) is 45.9. The van der Waals surface area contributed by atoms with E-state index in [2.05, 4.69) is 182 Å². The smallest absolute Gasteiger partial charge is 0.123 e. The Balaban J connectivity index is 2.12. The van der Waals surface area contributed by atoms with Crippen LogP contribution in [0.2, 0.25) is 0 Å². The van der Waals surface area contributed by atoms with Crippen LogP contribution in [-0.4, -0.2) is 15.3 Å². The molecule has 0 heterocycles. The van der Waals surface area contributed by atoms with Gasteiger partial charge in [0.2, 0.25) is 0 Å². The van der Waals surface area contributed by atoms with Crippen molar-refractivity contribution < 1.29 is 15.3 Å². The summed E-state index contributed by atoms with van der Waals surface area (Å²) >= 11 is 0. The lowest BCUT2D eigenvalue weighted by Gasteiger charge is -2.31. The lowest BCUT2D eigenvalue weighted by atomic mass is 9.74. The van der Waals surface area contributed by atoms with Crippen molar-refractivity contribution in [1.29, 1.82) is 0 Å². The Hall–Kier alpha value is -3.72. The Bertz CT molecular complexity index is 1950. The van der Waals surface area contributed by atoms with Crippen LogP contribution in [-0.2, 0) is 51.8 Å². The van der Waals surface area contributed by atoms with Crippen molar-refractivity contribution in [2.75, 3.05) is 0 Å². The van der Waals surface area contributed by atoms with Gasteiger partial charge in [-0.1, -0.05) is 161 Å². The third-order valence-corrected chi connectivity index (χ3v) is 14.6. The number of hydrogen-bond acceptors (Lipinski definition) is 3. The predicted octanol–water partition coefficient (Wildman–Crippen LogP) is 15.5. The highest BCUT2D eigenvalue weighted by molar-refractivity contribution is 5.59. The fourth-order valence-electron chi connectivity index (χ4n) is 9.02. The van der Waals surface area contributed by atoms with Crippen molar-refractivity contribution in [2.24, 2.45) is 0 Å². The van der Waals surface area contributed by atoms with Crippen LogP contribution in [0.25, 0.3) is 0 Å². The average molecular weight is 817 g/mol. The molecule has 0 fully saturated rings. The minimum absolute atomic E-state index is 0.186. The van der Waals surface area contributed by atoms with E-state index in [0.717, 1.165) is 71.9 Å². The van der Waals surface area contributed by atoms with E-state index in [9.17, 15) is 15.3 Å². The molecule has 0 amide bonds. The van der Waals surface area contributed by atoms with Crippen molar-refractivity contribution in [2.45, 2.75) is 216 Å². The van der Waals surface area contributed by atoms with Crippen molar-refractivity contribution in [3.05, 3.63) is 120 Å². The van der Waals surface area contributed by atoms with Gasteiger partial charge in [-0.3, -0.25) is 0 Å². The largest absolute Gasteiger partial charge is 0.507 e. The molecule has 3 nitrogen and oxygen atoms in total. The summed E-state index contributed by atoms with van der Waals surface area (Å²) in [6.07, 6.45) is 5.02. The molecule has 4 aromatic carbocycles. The van der Waals surface area contributed by atoms with Crippen LogP contribution in [0.3, 0.4) is 0 Å². The summed E-state index contributed by atoms with van der Waals surface area (Å²) in [6, 6.07) is 13.6. The molecule has 0 aliphatic carbocycles. The van der Waals surface area contributed by atoms with Gasteiger partial charge in [0.1, 0.15) is 17.2 Å². The summed E-state index contributed by atoms with van der Waals surface area (Å²) in [5, 5.41) is 35.4. The second kappa shape index (κ2) is 16.9. The molecule has 0 aromatic heterocycles. The zero-order valence-corrected chi connectivity index (χ0v) is 42.0. The van der Waals surface area contributed by atoms with Gasteiger partial charge in [0.05, 0.1) is 0 Å². The molecule has 0 aliphatic heterocycles. The van der Waals surface area contributed by atoms with E-state index in [1.165, 1.54) is 50.1 Å². The summed E-state index contributed by atoms with van der Waals surface area (Å²) in [5.74, 6) is 1.28. The lowest BCUT2D eigenvalue weighted by molar-refractivity contribution is 0.409. The number of hydrogen-bond donors (Lipinski definition) is 3. The summed E-state index contributed by atoms with van der Waals surface area (Å²) in [5.41, 5.74) is 16.4. The highest BCUT2D eigenvalue weighted by Crippen LogP contribution is 2.46. The summed E-state index contributed by atoms with van der Waals surface area (Å²) < 4.78 is 0. The second-order valence-corrected chi connectivity index (χ2v) is 23.4. The lowest BCUT2D eigenvalue weighted by Crippen LogP contribution is -2.21. The molecule has 3 heteroatoms. The van der Waals surface area contributed by atoms with Gasteiger partial charge in [-0.25, -0.2) is 0 Å². The summed E-state index contributed by atoms with van der Waals surface area (Å²) in [6.45, 7) is 46.8. The Morgan fingerprint density at radius 3 is 0.683 bits per heavy atom. The van der Waals surface area contributed by atoms with Gasteiger partial charge in [-0.15, -0.1) is 0 Å². The van der Waals surface area contributed by atoms with Crippen LogP contribution in [0.4, 0.5) is 0 Å². The second-order valence-electron chi connectivity index (χ2n) is 23.4. The molecule has 4 aromatic rings. The molecule has 0 atom stereocenters. The topological polar surface area (TPSA) is 60.7 Å². The Labute approximate surface area is 367 Å². The third-order valence-electron chi connectivity index (χ3n) is 14.6. The normalized spacial score (nSPS) is 13.3. The molecular formula is C57H84O3. The molecule has 330 valence electrons. The van der Waals surface area contributed by atoms with Crippen molar-refractivity contribution in [1.82, 2.24) is 0 Å². The molecule has 60 heavy (non-hydrogen) atoms. The van der Waals surface area contributed by atoms with Crippen LogP contribution < -0.4 is 0 Å². The number of phenolic OH excluding ortho intramolecular Hbond substituents is 3. The zero-order valence-electron chi connectivity index (χ0n) is 42.0. The maximum absolute atomic E-state index is 11.8. The number of rotatable bonds is 12. The van der Waals surface area contributed by atoms with E-state index >= 15 is 0 Å². The maximum atomic E-state index is 11.8. The minimum atomic E-state index is -0.229. The van der Waals surface area contributed by atoms with Crippen LogP contribution >= 0.6 is 0 Å². The van der Waals surface area contributed by atoms with E-state index < -0.39 is 0 Å². The van der Waals surface area contributed by atoms with Gasteiger partial charge >= 0.3 is 0 Å². The molecule has 0 bridgehead atoms. The monoisotopic (exact) mass is 817 g/mol. The highest BCUT2D eigenvalue weighted by atomic mass is 16.3. The predicted molar refractivity (Wildman–Crippen MR) is 259 cm³/mol. The first-order chi connectivity index (χ1) is 27.2. The van der Waals surface area contributed by atoms with Gasteiger partial charge in [-0.2, -0.15) is 0 Å². The quantitative estimate of drug-likeness (QED) is 0.133. The number of phenols is 3. The Kier molecular flexibility index (Phi) is 13.8. The fraction of sp³-hybridized carbons (Fsp3) is 0.579. The standard InChI is InChI=1S/C57H84O3/c1-22-55(16,17)46-31-37(28-43(49(46)58)52(7,8)9)25-40-34(4)41(26-38-29-44(53(10,11)12)50(59)47(32-38)56(18,19)23-2)36(6)42(35(40)5)27-39-30-45(54(13,14)15)51(60)48(33-39)57(20,21)24-3/h28-33,58-60H,22-27H2,1-21H3. The van der Waals surface area contributed by atoms with Gasteiger partial charge in [-0.05, 0) is 159 Å². The van der Waals surface area contributed by atoms with Crippen LogP contribution in [0.15, 0.2) is 36.4 Å². The number of aromatic hydroxyl groups is 3. The van der Waals surface area contributed by atoms with Crippen LogP contribution in [0.5, 0.6) is 17.2 Å². The molecule has 0 saturated heterocycles.